The Morgan fingerprint density at radius 2 is 1.19 bits per heavy atom. The Balaban J connectivity index is 0.834. The van der Waals surface area contributed by atoms with E-state index >= 15 is 0 Å². The molecule has 306 valence electrons. The SMILES string of the molecule is C[C@H](CCC(=O)O)[C@H]1CC[C@H]2[C@@H]3CC[C@@H]4C[C@H](OC(=O)CC[C@@H](C)[C@H]5CCC6C7CCC8C[C@H](O)CC[C@]8(C)C7CC[C@@]65C)CC[C@]4(C)[C@H]3C[C@H](O)[C@]12C. The topological polar surface area (TPSA) is 104 Å². The van der Waals surface area contributed by atoms with Gasteiger partial charge in [0, 0.05) is 12.8 Å². The van der Waals surface area contributed by atoms with Gasteiger partial charge in [-0.1, -0.05) is 41.5 Å². The number of rotatable bonds is 9. The van der Waals surface area contributed by atoms with E-state index in [1.807, 2.05) is 0 Å². The highest BCUT2D eigenvalue weighted by Gasteiger charge is 2.64. The van der Waals surface area contributed by atoms with Crippen LogP contribution in [0.1, 0.15) is 176 Å². The molecule has 6 nitrogen and oxygen atoms in total. The molecule has 8 fully saturated rings. The summed E-state index contributed by atoms with van der Waals surface area (Å²) in [6.07, 6.45) is 22.0. The van der Waals surface area contributed by atoms with Crippen LogP contribution in [-0.2, 0) is 14.3 Å². The average molecular weight is 751 g/mol. The van der Waals surface area contributed by atoms with Gasteiger partial charge in [-0.25, -0.2) is 0 Å². The van der Waals surface area contributed by atoms with Crippen molar-refractivity contribution in [2.24, 2.45) is 92.7 Å². The average Bonchev–Trinajstić information content (AvgIpc) is 3.68. The predicted octanol–water partition coefficient (Wildman–Crippen LogP) is 10.5. The van der Waals surface area contributed by atoms with Crippen molar-refractivity contribution in [3.8, 4) is 0 Å². The number of hydrogen-bond acceptors (Lipinski definition) is 5. The lowest BCUT2D eigenvalue weighted by Gasteiger charge is -2.62. The van der Waals surface area contributed by atoms with Gasteiger partial charge in [-0.05, 0) is 215 Å². The number of fused-ring (bicyclic) bond motifs is 10. The highest BCUT2D eigenvalue weighted by atomic mass is 16.5. The van der Waals surface area contributed by atoms with Crippen molar-refractivity contribution in [2.45, 2.75) is 195 Å². The number of aliphatic hydroxyl groups is 2. The molecule has 8 saturated carbocycles. The zero-order chi connectivity index (χ0) is 38.4. The van der Waals surface area contributed by atoms with Gasteiger partial charge in [-0.15, -0.1) is 0 Å². The number of esters is 1. The van der Waals surface area contributed by atoms with Crippen LogP contribution < -0.4 is 0 Å². The number of aliphatic carboxylic acids is 1. The van der Waals surface area contributed by atoms with Crippen molar-refractivity contribution in [1.29, 1.82) is 0 Å². The van der Waals surface area contributed by atoms with Crippen LogP contribution in [0.3, 0.4) is 0 Å². The number of carbonyl (C=O) groups is 2. The molecule has 0 aromatic rings. The van der Waals surface area contributed by atoms with Crippen LogP contribution in [0, 0.1) is 92.7 Å². The molecule has 0 aliphatic heterocycles. The molecule has 0 heterocycles. The minimum absolute atomic E-state index is 0.0242. The zero-order valence-electron chi connectivity index (χ0n) is 35.1. The van der Waals surface area contributed by atoms with Crippen LogP contribution >= 0.6 is 0 Å². The molecule has 0 aromatic carbocycles. The summed E-state index contributed by atoms with van der Waals surface area (Å²) < 4.78 is 6.34. The quantitative estimate of drug-likeness (QED) is 0.203. The third-order valence-electron chi connectivity index (χ3n) is 20.8. The van der Waals surface area contributed by atoms with Gasteiger partial charge in [0.2, 0.25) is 0 Å². The van der Waals surface area contributed by atoms with Gasteiger partial charge in [-0.3, -0.25) is 9.59 Å². The van der Waals surface area contributed by atoms with Gasteiger partial charge < -0.3 is 20.1 Å². The molecule has 8 aliphatic rings. The molecule has 0 radical (unpaired) electrons. The molecule has 0 spiro atoms. The molecule has 8 rings (SSSR count). The maximum absolute atomic E-state index is 13.5. The molecule has 0 aromatic heterocycles. The summed E-state index contributed by atoms with van der Waals surface area (Å²) in [5, 5.41) is 31.7. The molecular weight excluding hydrogens is 673 g/mol. The lowest BCUT2D eigenvalue weighted by molar-refractivity contribution is -0.181. The molecule has 8 aliphatic carbocycles. The van der Waals surface area contributed by atoms with Crippen molar-refractivity contribution in [3.05, 3.63) is 0 Å². The first-order valence-corrected chi connectivity index (χ1v) is 23.4. The summed E-state index contributed by atoms with van der Waals surface area (Å²) in [7, 11) is 0. The second kappa shape index (κ2) is 14.6. The lowest BCUT2D eigenvalue weighted by Crippen LogP contribution is -2.59. The van der Waals surface area contributed by atoms with Gasteiger partial charge >= 0.3 is 11.9 Å². The largest absolute Gasteiger partial charge is 0.481 e. The van der Waals surface area contributed by atoms with Crippen LogP contribution in [-0.4, -0.2) is 45.6 Å². The summed E-state index contributed by atoms with van der Waals surface area (Å²) in [5.41, 5.74) is 0.908. The number of carboxylic acid groups (broad SMARTS) is 1. The van der Waals surface area contributed by atoms with Gasteiger partial charge in [0.25, 0.3) is 0 Å². The molecule has 3 N–H and O–H groups in total. The molecule has 4 unspecified atom stereocenters. The fourth-order valence-corrected chi connectivity index (χ4v) is 17.8. The Bertz CT molecular complexity index is 1400. The second-order valence-electron chi connectivity index (χ2n) is 22.6. The molecule has 0 bridgehead atoms. The molecule has 19 atom stereocenters. The number of ether oxygens (including phenoxy) is 1. The van der Waals surface area contributed by atoms with Crippen molar-refractivity contribution in [3.63, 3.8) is 0 Å². The second-order valence-corrected chi connectivity index (χ2v) is 22.6. The summed E-state index contributed by atoms with van der Waals surface area (Å²) >= 11 is 0. The first-order valence-electron chi connectivity index (χ1n) is 23.4. The summed E-state index contributed by atoms with van der Waals surface area (Å²) in [5.74, 6) is 6.75. The summed E-state index contributed by atoms with van der Waals surface area (Å²) in [4.78, 5) is 24.9. The highest BCUT2D eigenvalue weighted by molar-refractivity contribution is 5.69. The van der Waals surface area contributed by atoms with Crippen LogP contribution in [0.5, 0.6) is 0 Å². The smallest absolute Gasteiger partial charge is 0.306 e. The Morgan fingerprint density at radius 3 is 1.93 bits per heavy atom. The van der Waals surface area contributed by atoms with Crippen molar-refractivity contribution < 1.29 is 29.6 Å². The first-order chi connectivity index (χ1) is 25.6. The van der Waals surface area contributed by atoms with E-state index in [0.717, 1.165) is 69.1 Å². The van der Waals surface area contributed by atoms with E-state index in [0.29, 0.717) is 76.9 Å². The van der Waals surface area contributed by atoms with Gasteiger partial charge in [0.05, 0.1) is 12.2 Å². The molecule has 54 heavy (non-hydrogen) atoms. The van der Waals surface area contributed by atoms with Crippen LogP contribution in [0.4, 0.5) is 0 Å². The minimum Gasteiger partial charge on any atom is -0.481 e. The summed E-state index contributed by atoms with van der Waals surface area (Å²) in [6.45, 7) is 14.8. The standard InChI is InChI=1S/C48H78O6/c1-28(36-13-15-38-34-11-9-30-25-32(49)19-22-45(30,3)39(34)21-24-47(36,38)5)8-18-44(53)54-33-20-23-46(4)31(26-33)10-12-35-40-16-14-37(29(2)7-17-43(51)52)48(40,6)42(50)27-41(35)46/h28-42,49-50H,7-27H2,1-6H3,(H,51,52)/t28-,29-,30?,31-,32-,33-,34?,35+,36-,37-,38?,39?,40+,41+,42+,45+,46+,47-,48-/m1/s1. The van der Waals surface area contributed by atoms with Gasteiger partial charge in [0.1, 0.15) is 6.10 Å². The lowest BCUT2D eigenvalue weighted by atomic mass is 9.43. The fraction of sp³-hybridized carbons (Fsp3) is 0.958. The normalized spacial score (nSPS) is 52.0. The van der Waals surface area contributed by atoms with E-state index in [9.17, 15) is 24.9 Å². The van der Waals surface area contributed by atoms with E-state index in [2.05, 4.69) is 41.5 Å². The zero-order valence-corrected chi connectivity index (χ0v) is 35.1. The Hall–Kier alpha value is -1.14. The highest BCUT2D eigenvalue weighted by Crippen LogP contribution is 2.70. The minimum atomic E-state index is -0.712. The van der Waals surface area contributed by atoms with E-state index in [-0.39, 0.29) is 41.5 Å². The number of carboxylic acids is 1. The van der Waals surface area contributed by atoms with Crippen molar-refractivity contribution in [1.82, 2.24) is 0 Å². The maximum Gasteiger partial charge on any atom is 0.306 e. The van der Waals surface area contributed by atoms with E-state index in [4.69, 9.17) is 4.74 Å². The van der Waals surface area contributed by atoms with Gasteiger partial charge in [-0.2, -0.15) is 0 Å². The summed E-state index contributed by atoms with van der Waals surface area (Å²) in [6, 6.07) is 0. The molecular formula is C48H78O6. The van der Waals surface area contributed by atoms with Crippen LogP contribution in [0.15, 0.2) is 0 Å². The molecule has 6 heteroatoms. The van der Waals surface area contributed by atoms with E-state index in [1.54, 1.807) is 0 Å². The van der Waals surface area contributed by atoms with Crippen molar-refractivity contribution >= 4 is 11.9 Å². The van der Waals surface area contributed by atoms with E-state index < -0.39 is 5.97 Å². The van der Waals surface area contributed by atoms with Crippen LogP contribution in [0.2, 0.25) is 0 Å². The molecule has 0 saturated heterocycles. The number of carbonyl (C=O) groups excluding carboxylic acids is 1. The maximum atomic E-state index is 13.5. The monoisotopic (exact) mass is 751 g/mol. The number of aliphatic hydroxyl groups excluding tert-OH is 2. The third-order valence-corrected chi connectivity index (χ3v) is 20.8. The third kappa shape index (κ3) is 6.37. The molecule has 0 amide bonds. The van der Waals surface area contributed by atoms with E-state index in [1.165, 1.54) is 64.2 Å². The van der Waals surface area contributed by atoms with Crippen molar-refractivity contribution in [2.75, 3.05) is 0 Å². The Labute approximate surface area is 328 Å². The van der Waals surface area contributed by atoms with Crippen LogP contribution in [0.25, 0.3) is 0 Å². The van der Waals surface area contributed by atoms with Gasteiger partial charge in [0.15, 0.2) is 0 Å². The number of hydrogen-bond donors (Lipinski definition) is 3. The Morgan fingerprint density at radius 1 is 0.611 bits per heavy atom. The fourth-order valence-electron chi connectivity index (χ4n) is 17.8. The predicted molar refractivity (Wildman–Crippen MR) is 212 cm³/mol. The first kappa shape index (κ1) is 39.7. The Kier molecular flexibility index (Phi) is 10.7.